The Morgan fingerprint density at radius 3 is 2.26 bits per heavy atom. The summed E-state index contributed by atoms with van der Waals surface area (Å²) in [5, 5.41) is 17.8. The number of piperidine rings is 1. The quantitative estimate of drug-likeness (QED) is 0.350. The first-order chi connectivity index (χ1) is 16.8. The van der Waals surface area contributed by atoms with Crippen molar-refractivity contribution in [3.05, 3.63) is 57.5 Å². The molecule has 35 heavy (non-hydrogen) atoms. The maximum Gasteiger partial charge on any atom is 0.324 e. The predicted octanol–water partition coefficient (Wildman–Crippen LogP) is 5.85. The Balaban J connectivity index is 1.82. The van der Waals surface area contributed by atoms with Gasteiger partial charge in [0, 0.05) is 41.3 Å². The van der Waals surface area contributed by atoms with Gasteiger partial charge in [0.2, 0.25) is 0 Å². The van der Waals surface area contributed by atoms with Crippen LogP contribution < -0.4 is 15.5 Å². The van der Waals surface area contributed by atoms with Crippen LogP contribution in [0.4, 0.5) is 11.6 Å². The molecule has 0 bridgehead atoms. The van der Waals surface area contributed by atoms with Gasteiger partial charge in [0.25, 0.3) is 0 Å². The molecule has 1 fully saturated rings. The van der Waals surface area contributed by atoms with Crippen molar-refractivity contribution in [2.45, 2.75) is 25.3 Å². The molecule has 0 spiro atoms. The highest BCUT2D eigenvalue weighted by Crippen LogP contribution is 2.39. The summed E-state index contributed by atoms with van der Waals surface area (Å²) in [6, 6.07) is 12.6. The fourth-order valence-corrected chi connectivity index (χ4v) is 5.02. The predicted molar refractivity (Wildman–Crippen MR) is 143 cm³/mol. The number of carboxylic acid groups (broad SMARTS) is 1. The average Bonchev–Trinajstić information content (AvgIpc) is 2.84. The molecule has 1 aromatic heterocycles. The summed E-state index contributed by atoms with van der Waals surface area (Å²) < 4.78 is 0. The zero-order valence-electron chi connectivity index (χ0n) is 19.4. The van der Waals surface area contributed by atoms with Crippen LogP contribution in [0.3, 0.4) is 0 Å². The Hall–Kier alpha value is -2.58. The van der Waals surface area contributed by atoms with E-state index in [0.29, 0.717) is 76.1 Å². The van der Waals surface area contributed by atoms with Gasteiger partial charge >= 0.3 is 5.97 Å². The van der Waals surface area contributed by atoms with Crippen LogP contribution in [-0.4, -0.2) is 53.3 Å². The summed E-state index contributed by atoms with van der Waals surface area (Å²) in [4.78, 5) is 24.0. The third-order valence-corrected chi connectivity index (χ3v) is 7.06. The number of aromatic nitrogens is 2. The van der Waals surface area contributed by atoms with Crippen molar-refractivity contribution in [3.63, 3.8) is 0 Å². The molecule has 0 radical (unpaired) electrons. The van der Waals surface area contributed by atoms with E-state index >= 15 is 0 Å². The number of carboxylic acids is 1. The topological polar surface area (TPSA) is 90.4 Å². The van der Waals surface area contributed by atoms with Crippen molar-refractivity contribution in [1.82, 2.24) is 15.3 Å². The first-order valence-electron chi connectivity index (χ1n) is 11.3. The van der Waals surface area contributed by atoms with Gasteiger partial charge in [-0.3, -0.25) is 4.79 Å². The lowest BCUT2D eigenvalue weighted by molar-refractivity contribution is -0.145. The SMILES string of the molecule is CCNC1(C(=O)O)CCN(c2nc(-c3ccc(Cl)cc3Cl)c(-c3ccc(Cl)cc3)nc2NC)CC1. The number of aliphatic carboxylic acids is 1. The first-order valence-corrected chi connectivity index (χ1v) is 12.5. The van der Waals surface area contributed by atoms with E-state index in [-0.39, 0.29) is 0 Å². The van der Waals surface area contributed by atoms with Crippen LogP contribution in [0.15, 0.2) is 42.5 Å². The second kappa shape index (κ2) is 10.6. The minimum absolute atomic E-state index is 0.441. The molecular formula is C25H26Cl3N5O2. The summed E-state index contributed by atoms with van der Waals surface area (Å²) in [5.41, 5.74) is 1.83. The van der Waals surface area contributed by atoms with Gasteiger partial charge in [-0.1, -0.05) is 53.9 Å². The molecular weight excluding hydrogens is 509 g/mol. The molecule has 1 aliphatic rings. The number of nitrogens with one attached hydrogen (secondary N) is 2. The highest BCUT2D eigenvalue weighted by atomic mass is 35.5. The number of halogens is 3. The van der Waals surface area contributed by atoms with E-state index in [0.717, 1.165) is 5.56 Å². The Kier molecular flexibility index (Phi) is 7.71. The molecule has 2 heterocycles. The van der Waals surface area contributed by atoms with Crippen molar-refractivity contribution in [1.29, 1.82) is 0 Å². The normalized spacial score (nSPS) is 15.2. The van der Waals surface area contributed by atoms with E-state index in [2.05, 4.69) is 15.5 Å². The molecule has 4 rings (SSSR count). The van der Waals surface area contributed by atoms with Gasteiger partial charge in [0.15, 0.2) is 11.6 Å². The fraction of sp³-hybridized carbons (Fsp3) is 0.320. The number of hydrogen-bond donors (Lipinski definition) is 3. The van der Waals surface area contributed by atoms with Crippen molar-refractivity contribution in [2.24, 2.45) is 0 Å². The number of hydrogen-bond acceptors (Lipinski definition) is 6. The maximum atomic E-state index is 12.0. The van der Waals surface area contributed by atoms with Gasteiger partial charge in [-0.2, -0.15) is 0 Å². The lowest BCUT2D eigenvalue weighted by atomic mass is 9.87. The second-order valence-corrected chi connectivity index (χ2v) is 9.66. The molecule has 0 amide bonds. The molecule has 0 atom stereocenters. The monoisotopic (exact) mass is 533 g/mol. The van der Waals surface area contributed by atoms with Crippen LogP contribution in [0.2, 0.25) is 15.1 Å². The number of carbonyl (C=O) groups is 1. The van der Waals surface area contributed by atoms with E-state index in [9.17, 15) is 9.90 Å². The van der Waals surface area contributed by atoms with Gasteiger partial charge < -0.3 is 20.6 Å². The minimum Gasteiger partial charge on any atom is -0.480 e. The molecule has 7 nitrogen and oxygen atoms in total. The summed E-state index contributed by atoms with van der Waals surface area (Å²) in [5.74, 6) is 0.405. The molecule has 1 saturated heterocycles. The number of likely N-dealkylation sites (N-methyl/N-ethyl adjacent to an activating group) is 1. The lowest BCUT2D eigenvalue weighted by Gasteiger charge is -2.40. The van der Waals surface area contributed by atoms with Gasteiger partial charge in [-0.15, -0.1) is 0 Å². The maximum absolute atomic E-state index is 12.0. The summed E-state index contributed by atoms with van der Waals surface area (Å²) in [6.07, 6.45) is 0.883. The van der Waals surface area contributed by atoms with E-state index < -0.39 is 11.5 Å². The molecule has 0 aliphatic carbocycles. The van der Waals surface area contributed by atoms with Crippen molar-refractivity contribution in [2.75, 3.05) is 36.9 Å². The van der Waals surface area contributed by atoms with Crippen LogP contribution in [0.5, 0.6) is 0 Å². The van der Waals surface area contributed by atoms with E-state index in [1.807, 2.05) is 25.1 Å². The number of benzene rings is 2. The van der Waals surface area contributed by atoms with Crippen LogP contribution >= 0.6 is 34.8 Å². The third kappa shape index (κ3) is 5.19. The standard InChI is InChI=1S/C25H26Cl3N5O2/c1-3-30-25(24(34)35)10-12-33(13-11-25)23-22(29-2)31-20(15-4-6-16(26)7-5-15)21(32-23)18-9-8-17(27)14-19(18)28/h4-9,14,30H,3,10-13H2,1-2H3,(H,29,31)(H,34,35). The second-order valence-electron chi connectivity index (χ2n) is 8.38. The number of rotatable bonds is 7. The molecule has 0 unspecified atom stereocenters. The van der Waals surface area contributed by atoms with Gasteiger partial charge in [-0.05, 0) is 49.7 Å². The van der Waals surface area contributed by atoms with Gasteiger partial charge in [-0.25, -0.2) is 9.97 Å². The zero-order valence-corrected chi connectivity index (χ0v) is 21.7. The molecule has 3 N–H and O–H groups in total. The minimum atomic E-state index is -0.940. The smallest absolute Gasteiger partial charge is 0.324 e. The summed E-state index contributed by atoms with van der Waals surface area (Å²) in [6.45, 7) is 3.52. The van der Waals surface area contributed by atoms with Crippen LogP contribution in [0, 0.1) is 0 Å². The van der Waals surface area contributed by atoms with Crippen molar-refractivity contribution < 1.29 is 9.90 Å². The van der Waals surface area contributed by atoms with Crippen LogP contribution in [0.1, 0.15) is 19.8 Å². The highest BCUT2D eigenvalue weighted by Gasteiger charge is 2.41. The fourth-order valence-electron chi connectivity index (χ4n) is 4.40. The summed E-state index contributed by atoms with van der Waals surface area (Å²) >= 11 is 18.9. The number of nitrogens with zero attached hydrogens (tertiary/aromatic N) is 3. The van der Waals surface area contributed by atoms with Crippen molar-refractivity contribution in [3.8, 4) is 22.5 Å². The molecule has 0 saturated carbocycles. The van der Waals surface area contributed by atoms with Crippen LogP contribution in [-0.2, 0) is 4.79 Å². The molecule has 10 heteroatoms. The highest BCUT2D eigenvalue weighted by molar-refractivity contribution is 6.36. The zero-order chi connectivity index (χ0) is 25.2. The molecule has 3 aromatic rings. The van der Waals surface area contributed by atoms with Gasteiger partial charge in [0.05, 0.1) is 10.7 Å². The Morgan fingerprint density at radius 1 is 1.03 bits per heavy atom. The Labute approximate surface area is 219 Å². The van der Waals surface area contributed by atoms with E-state index in [1.165, 1.54) is 0 Å². The van der Waals surface area contributed by atoms with Crippen molar-refractivity contribution >= 4 is 52.4 Å². The third-order valence-electron chi connectivity index (χ3n) is 6.26. The van der Waals surface area contributed by atoms with E-state index in [4.69, 9.17) is 44.8 Å². The molecule has 1 aliphatic heterocycles. The lowest BCUT2D eigenvalue weighted by Crippen LogP contribution is -2.58. The largest absolute Gasteiger partial charge is 0.480 e. The Morgan fingerprint density at radius 2 is 1.69 bits per heavy atom. The van der Waals surface area contributed by atoms with E-state index in [1.54, 1.807) is 31.3 Å². The summed E-state index contributed by atoms with van der Waals surface area (Å²) in [7, 11) is 1.79. The Bertz CT molecular complexity index is 1230. The first kappa shape index (κ1) is 25.5. The van der Waals surface area contributed by atoms with Crippen LogP contribution in [0.25, 0.3) is 22.5 Å². The van der Waals surface area contributed by atoms with Gasteiger partial charge in [0.1, 0.15) is 11.2 Å². The molecule has 184 valence electrons. The molecule has 2 aromatic carbocycles. The number of anilines is 2. The average molecular weight is 535 g/mol.